The Balaban J connectivity index is 1.91. The Morgan fingerprint density at radius 2 is 2.29 bits per heavy atom. The molecule has 0 N–H and O–H groups in total. The van der Waals surface area contributed by atoms with E-state index in [9.17, 15) is 0 Å². The molecule has 2 aliphatic heterocycles. The number of halogens is 1. The number of fused-ring (bicyclic) bond motifs is 3. The lowest BCUT2D eigenvalue weighted by molar-refractivity contribution is 0.0939. The van der Waals surface area contributed by atoms with E-state index in [1.54, 1.807) is 7.11 Å². The lowest BCUT2D eigenvalue weighted by Gasteiger charge is -2.23. The molecule has 4 rings (SSSR count). The zero-order chi connectivity index (χ0) is 14.6. The maximum absolute atomic E-state index is 6.39. The second-order valence-electron chi connectivity index (χ2n) is 5.96. The van der Waals surface area contributed by atoms with Crippen LogP contribution >= 0.6 is 11.6 Å². The summed E-state index contributed by atoms with van der Waals surface area (Å²) in [4.78, 5) is 4.76. The lowest BCUT2D eigenvalue weighted by atomic mass is 9.95. The molecule has 2 bridgehead atoms. The van der Waals surface area contributed by atoms with Gasteiger partial charge in [-0.05, 0) is 38.3 Å². The van der Waals surface area contributed by atoms with Gasteiger partial charge in [-0.25, -0.2) is 4.98 Å². The number of hydrogen-bond acceptors (Lipinski definition) is 3. The number of imidazole rings is 1. The molecule has 0 aliphatic carbocycles. The molecular weight excluding hydrogens is 288 g/mol. The molecule has 4 atom stereocenters. The van der Waals surface area contributed by atoms with Gasteiger partial charge in [0.25, 0.3) is 0 Å². The van der Waals surface area contributed by atoms with E-state index in [4.69, 9.17) is 26.1 Å². The average molecular weight is 307 g/mol. The molecular formula is C16H19ClN2O2. The minimum atomic E-state index is -0.138. The highest BCUT2D eigenvalue weighted by atomic mass is 35.5. The SMILES string of the molecule is COc1cccc2c1nc(C(C)Cl)n2C1CC2CCC1O2. The molecule has 4 nitrogen and oxygen atoms in total. The minimum Gasteiger partial charge on any atom is -0.494 e. The maximum Gasteiger partial charge on any atom is 0.146 e. The van der Waals surface area contributed by atoms with Gasteiger partial charge in [0.15, 0.2) is 0 Å². The highest BCUT2D eigenvalue weighted by Crippen LogP contribution is 2.45. The number of benzene rings is 1. The summed E-state index contributed by atoms with van der Waals surface area (Å²) in [5, 5.41) is -0.138. The molecule has 2 aromatic rings. The number of rotatable bonds is 3. The first-order chi connectivity index (χ1) is 10.2. The van der Waals surface area contributed by atoms with Crippen LogP contribution in [-0.2, 0) is 4.74 Å². The van der Waals surface area contributed by atoms with E-state index in [1.807, 2.05) is 19.1 Å². The van der Waals surface area contributed by atoms with Gasteiger partial charge in [-0.3, -0.25) is 0 Å². The summed E-state index contributed by atoms with van der Waals surface area (Å²) in [6.07, 6.45) is 4.08. The zero-order valence-electron chi connectivity index (χ0n) is 12.3. The average Bonchev–Trinajstić information content (AvgIpc) is 3.18. The summed E-state index contributed by atoms with van der Waals surface area (Å²) < 4.78 is 13.8. The molecule has 2 fully saturated rings. The molecule has 112 valence electrons. The number of alkyl halides is 1. The molecule has 0 amide bonds. The quantitative estimate of drug-likeness (QED) is 0.808. The number of ether oxygens (including phenoxy) is 2. The maximum atomic E-state index is 6.39. The molecule has 1 aromatic carbocycles. The number of aromatic nitrogens is 2. The third-order valence-electron chi connectivity index (χ3n) is 4.69. The summed E-state index contributed by atoms with van der Waals surface area (Å²) in [6, 6.07) is 6.40. The number of methoxy groups -OCH3 is 1. The van der Waals surface area contributed by atoms with Gasteiger partial charge >= 0.3 is 0 Å². The molecule has 0 saturated carbocycles. The van der Waals surface area contributed by atoms with Crippen LogP contribution in [0.2, 0.25) is 0 Å². The summed E-state index contributed by atoms with van der Waals surface area (Å²) >= 11 is 6.39. The van der Waals surface area contributed by atoms with E-state index in [0.29, 0.717) is 18.2 Å². The highest BCUT2D eigenvalue weighted by Gasteiger charge is 2.43. The first-order valence-corrected chi connectivity index (χ1v) is 7.97. The molecule has 0 spiro atoms. The fraction of sp³-hybridized carbons (Fsp3) is 0.562. The van der Waals surface area contributed by atoms with E-state index in [2.05, 4.69) is 10.6 Å². The summed E-state index contributed by atoms with van der Waals surface area (Å²) in [5.74, 6) is 1.71. The van der Waals surface area contributed by atoms with Crippen molar-refractivity contribution in [2.45, 2.75) is 49.8 Å². The lowest BCUT2D eigenvalue weighted by Crippen LogP contribution is -2.22. The molecule has 0 radical (unpaired) electrons. The van der Waals surface area contributed by atoms with E-state index >= 15 is 0 Å². The van der Waals surface area contributed by atoms with Gasteiger partial charge in [0.2, 0.25) is 0 Å². The van der Waals surface area contributed by atoms with Crippen molar-refractivity contribution in [1.29, 1.82) is 0 Å². The van der Waals surface area contributed by atoms with Crippen LogP contribution in [0.1, 0.15) is 43.4 Å². The topological polar surface area (TPSA) is 36.3 Å². The van der Waals surface area contributed by atoms with Gasteiger partial charge in [-0.2, -0.15) is 0 Å². The number of nitrogens with zero attached hydrogens (tertiary/aromatic N) is 2. The van der Waals surface area contributed by atoms with Gasteiger partial charge < -0.3 is 14.0 Å². The minimum absolute atomic E-state index is 0.138. The normalized spacial score (nSPS) is 29.2. The Bertz CT molecular complexity index is 682. The van der Waals surface area contributed by atoms with E-state index in [0.717, 1.165) is 35.4 Å². The van der Waals surface area contributed by atoms with Gasteiger partial charge in [0, 0.05) is 0 Å². The third-order valence-corrected chi connectivity index (χ3v) is 4.89. The number of hydrogen-bond donors (Lipinski definition) is 0. The van der Waals surface area contributed by atoms with Crippen LogP contribution < -0.4 is 4.74 Å². The van der Waals surface area contributed by atoms with Crippen molar-refractivity contribution in [1.82, 2.24) is 9.55 Å². The van der Waals surface area contributed by atoms with Gasteiger partial charge in [-0.15, -0.1) is 11.6 Å². The largest absolute Gasteiger partial charge is 0.494 e. The standard InChI is InChI=1S/C16H19ClN2O2/c1-9(17)16-18-15-11(4-3-5-14(15)20-2)19(16)12-8-10-6-7-13(12)21-10/h3-5,9-10,12-13H,6-8H2,1-2H3. The van der Waals surface area contributed by atoms with Gasteiger partial charge in [0.1, 0.15) is 17.1 Å². The molecule has 21 heavy (non-hydrogen) atoms. The van der Waals surface area contributed by atoms with Crippen LogP contribution in [0.25, 0.3) is 11.0 Å². The molecule has 2 aliphatic rings. The van der Waals surface area contributed by atoms with E-state index in [-0.39, 0.29) is 5.38 Å². The van der Waals surface area contributed by atoms with E-state index in [1.165, 1.54) is 6.42 Å². The second-order valence-corrected chi connectivity index (χ2v) is 6.62. The van der Waals surface area contributed by atoms with Crippen LogP contribution in [0.5, 0.6) is 5.75 Å². The van der Waals surface area contributed by atoms with Crippen LogP contribution in [0.15, 0.2) is 18.2 Å². The first kappa shape index (κ1) is 13.4. The predicted octanol–water partition coefficient (Wildman–Crippen LogP) is 3.84. The van der Waals surface area contributed by atoms with Crippen molar-refractivity contribution in [2.75, 3.05) is 7.11 Å². The van der Waals surface area contributed by atoms with Crippen molar-refractivity contribution in [2.24, 2.45) is 0 Å². The third kappa shape index (κ3) is 1.96. The summed E-state index contributed by atoms with van der Waals surface area (Å²) in [5.41, 5.74) is 1.99. The fourth-order valence-corrected chi connectivity index (χ4v) is 3.94. The Morgan fingerprint density at radius 3 is 2.90 bits per heavy atom. The molecule has 5 heteroatoms. The van der Waals surface area contributed by atoms with Crippen LogP contribution in [-0.4, -0.2) is 28.9 Å². The number of para-hydroxylation sites is 1. The highest BCUT2D eigenvalue weighted by molar-refractivity contribution is 6.20. The van der Waals surface area contributed by atoms with Crippen molar-refractivity contribution < 1.29 is 9.47 Å². The predicted molar refractivity (Wildman–Crippen MR) is 82.1 cm³/mol. The van der Waals surface area contributed by atoms with Gasteiger partial charge in [-0.1, -0.05) is 6.07 Å². The Labute approximate surface area is 129 Å². The summed E-state index contributed by atoms with van der Waals surface area (Å²) in [7, 11) is 1.68. The monoisotopic (exact) mass is 306 g/mol. The smallest absolute Gasteiger partial charge is 0.146 e. The molecule has 4 unspecified atom stereocenters. The van der Waals surface area contributed by atoms with Crippen LogP contribution in [0.4, 0.5) is 0 Å². The van der Waals surface area contributed by atoms with Crippen molar-refractivity contribution in [3.05, 3.63) is 24.0 Å². The molecule has 1 aromatic heterocycles. The zero-order valence-corrected chi connectivity index (χ0v) is 13.0. The van der Waals surface area contributed by atoms with Crippen molar-refractivity contribution in [3.63, 3.8) is 0 Å². The first-order valence-electron chi connectivity index (χ1n) is 7.53. The van der Waals surface area contributed by atoms with E-state index < -0.39 is 0 Å². The molecule has 2 saturated heterocycles. The van der Waals surface area contributed by atoms with Crippen LogP contribution in [0, 0.1) is 0 Å². The van der Waals surface area contributed by atoms with Crippen LogP contribution in [0.3, 0.4) is 0 Å². The summed E-state index contributed by atoms with van der Waals surface area (Å²) in [6.45, 7) is 1.97. The van der Waals surface area contributed by atoms with Crippen molar-refractivity contribution >= 4 is 22.6 Å². The molecule has 3 heterocycles. The Kier molecular flexibility index (Phi) is 3.12. The Morgan fingerprint density at radius 1 is 1.43 bits per heavy atom. The van der Waals surface area contributed by atoms with Gasteiger partial charge in [0.05, 0.1) is 36.3 Å². The second kappa shape index (κ2) is 4.89. The van der Waals surface area contributed by atoms with Crippen molar-refractivity contribution in [3.8, 4) is 5.75 Å². The Hall–Kier alpha value is -1.26. The fourth-order valence-electron chi connectivity index (χ4n) is 3.79.